The van der Waals surface area contributed by atoms with E-state index in [2.05, 4.69) is 0 Å². The van der Waals surface area contributed by atoms with E-state index in [1.165, 1.54) is 0 Å². The quantitative estimate of drug-likeness (QED) is 0.549. The Morgan fingerprint density at radius 3 is 2.50 bits per heavy atom. The van der Waals surface area contributed by atoms with Gasteiger partial charge in [-0.25, -0.2) is 9.69 Å². The average Bonchev–Trinajstić information content (AvgIpc) is 3.18. The molecule has 3 aliphatic heterocycles. The maximum absolute atomic E-state index is 13.0. The third-order valence-electron chi connectivity index (χ3n) is 5.62. The molecule has 0 aromatic heterocycles. The minimum absolute atomic E-state index is 0.181. The second-order valence-corrected chi connectivity index (χ2v) is 7.94. The van der Waals surface area contributed by atoms with E-state index in [0.717, 1.165) is 34.6 Å². The Hall–Kier alpha value is -3.10. The van der Waals surface area contributed by atoms with Crippen molar-refractivity contribution in [1.82, 2.24) is 14.7 Å². The summed E-state index contributed by atoms with van der Waals surface area (Å²) in [5.74, 6) is -0.846. The largest absolute Gasteiger partial charge is 0.490 e. The number of benzene rings is 1. The van der Waals surface area contributed by atoms with Crippen molar-refractivity contribution in [1.29, 1.82) is 0 Å². The zero-order chi connectivity index (χ0) is 21.4. The number of imide groups is 2. The van der Waals surface area contributed by atoms with E-state index in [1.807, 2.05) is 18.2 Å². The van der Waals surface area contributed by atoms with Gasteiger partial charge in [0.2, 0.25) is 5.91 Å². The van der Waals surface area contributed by atoms with Gasteiger partial charge in [-0.3, -0.25) is 19.3 Å². The van der Waals surface area contributed by atoms with Crippen molar-refractivity contribution in [2.24, 2.45) is 0 Å². The van der Waals surface area contributed by atoms with Crippen LogP contribution in [-0.4, -0.2) is 70.8 Å². The lowest BCUT2D eigenvalue weighted by atomic mass is 10.0. The zero-order valence-electron chi connectivity index (χ0n) is 17.1. The van der Waals surface area contributed by atoms with Crippen LogP contribution >= 0.6 is 0 Å². The Morgan fingerprint density at radius 1 is 1.07 bits per heavy atom. The average molecular weight is 415 g/mol. The normalized spacial score (nSPS) is 21.6. The van der Waals surface area contributed by atoms with Gasteiger partial charge in [0.25, 0.3) is 0 Å². The van der Waals surface area contributed by atoms with Gasteiger partial charge in [-0.1, -0.05) is 6.07 Å². The van der Waals surface area contributed by atoms with E-state index in [0.29, 0.717) is 31.3 Å². The predicted molar refractivity (Wildman–Crippen MR) is 105 cm³/mol. The van der Waals surface area contributed by atoms with Gasteiger partial charge in [0.15, 0.2) is 11.5 Å². The lowest BCUT2D eigenvalue weighted by Crippen LogP contribution is -2.44. The van der Waals surface area contributed by atoms with Crippen LogP contribution in [0.2, 0.25) is 0 Å². The maximum Gasteiger partial charge on any atom is 0.334 e. The number of hydrogen-bond donors (Lipinski definition) is 0. The van der Waals surface area contributed by atoms with E-state index in [-0.39, 0.29) is 11.9 Å². The molecule has 2 fully saturated rings. The fourth-order valence-electron chi connectivity index (χ4n) is 4.14. The van der Waals surface area contributed by atoms with E-state index in [9.17, 15) is 19.2 Å². The number of carbonyl (C=O) groups excluding carboxylic acids is 4. The van der Waals surface area contributed by atoms with Crippen LogP contribution in [0, 0.1) is 0 Å². The van der Waals surface area contributed by atoms with E-state index in [1.54, 1.807) is 18.7 Å². The second kappa shape index (κ2) is 7.97. The molecule has 4 rings (SSSR count). The van der Waals surface area contributed by atoms with Crippen LogP contribution in [0.25, 0.3) is 0 Å². The van der Waals surface area contributed by atoms with Crippen molar-refractivity contribution in [2.45, 2.75) is 45.2 Å². The van der Waals surface area contributed by atoms with Crippen molar-refractivity contribution in [3.63, 3.8) is 0 Å². The molecule has 30 heavy (non-hydrogen) atoms. The minimum atomic E-state index is -0.951. The first kappa shape index (κ1) is 20.2. The third kappa shape index (κ3) is 3.48. The van der Waals surface area contributed by atoms with Gasteiger partial charge in [0, 0.05) is 19.0 Å². The molecule has 1 atom stereocenters. The number of rotatable bonds is 4. The fraction of sp³-hybridized carbons (Fsp3) is 0.524. The predicted octanol–water partition coefficient (Wildman–Crippen LogP) is 1.71. The first-order chi connectivity index (χ1) is 14.4. The van der Waals surface area contributed by atoms with Gasteiger partial charge in [-0.05, 0) is 44.4 Å². The summed E-state index contributed by atoms with van der Waals surface area (Å²) in [7, 11) is 0. The summed E-state index contributed by atoms with van der Waals surface area (Å²) in [6.45, 7) is 4.56. The van der Waals surface area contributed by atoms with Gasteiger partial charge in [0.05, 0.1) is 19.3 Å². The minimum Gasteiger partial charge on any atom is -0.490 e. The van der Waals surface area contributed by atoms with E-state index in [4.69, 9.17) is 9.47 Å². The molecular weight excluding hydrogens is 390 g/mol. The molecule has 3 aliphatic rings. The molecular formula is C21H25N3O6. The molecule has 1 aromatic rings. The molecule has 0 spiro atoms. The van der Waals surface area contributed by atoms with Crippen molar-refractivity contribution < 1.29 is 28.7 Å². The molecule has 5 amide bonds. The molecule has 9 nitrogen and oxygen atoms in total. The Morgan fingerprint density at radius 2 is 1.80 bits per heavy atom. The summed E-state index contributed by atoms with van der Waals surface area (Å²) in [5.41, 5.74) is 0.920. The first-order valence-corrected chi connectivity index (χ1v) is 10.3. The molecule has 3 heterocycles. The van der Waals surface area contributed by atoms with Gasteiger partial charge in [-0.15, -0.1) is 0 Å². The highest BCUT2D eigenvalue weighted by Gasteiger charge is 2.47. The van der Waals surface area contributed by atoms with Crippen molar-refractivity contribution in [3.05, 3.63) is 23.8 Å². The highest BCUT2D eigenvalue weighted by Crippen LogP contribution is 2.38. The molecule has 0 saturated carbocycles. The van der Waals surface area contributed by atoms with Crippen LogP contribution in [0.3, 0.4) is 0 Å². The Bertz CT molecular complexity index is 899. The second-order valence-electron chi connectivity index (χ2n) is 7.94. The lowest BCUT2D eigenvalue weighted by molar-refractivity contribution is -0.145. The summed E-state index contributed by atoms with van der Waals surface area (Å²) in [5, 5.41) is 0. The van der Waals surface area contributed by atoms with Crippen LogP contribution in [0.15, 0.2) is 18.2 Å². The molecule has 1 aromatic carbocycles. The number of hydrogen-bond acceptors (Lipinski definition) is 6. The van der Waals surface area contributed by atoms with Crippen molar-refractivity contribution in [3.8, 4) is 11.5 Å². The lowest BCUT2D eigenvalue weighted by Gasteiger charge is -2.27. The van der Waals surface area contributed by atoms with Crippen LogP contribution in [-0.2, 0) is 14.4 Å². The molecule has 0 radical (unpaired) electrons. The number of fused-ring (bicyclic) bond motifs is 1. The SMILES string of the molecule is CC(C)N1C(=O)C(=O)N(CC(=O)N2CCC[C@@H]2c2ccc3c(c2)OCCCO3)C1=O. The number of ether oxygens (including phenoxy) is 2. The molecule has 160 valence electrons. The third-order valence-corrected chi connectivity index (χ3v) is 5.62. The maximum atomic E-state index is 13.0. The number of urea groups is 1. The molecule has 0 bridgehead atoms. The molecule has 0 aliphatic carbocycles. The number of likely N-dealkylation sites (tertiary alicyclic amines) is 1. The number of amides is 5. The summed E-state index contributed by atoms with van der Waals surface area (Å²) >= 11 is 0. The fourth-order valence-corrected chi connectivity index (χ4v) is 4.14. The molecule has 9 heteroatoms. The summed E-state index contributed by atoms with van der Waals surface area (Å²) in [6, 6.07) is 4.30. The topological polar surface area (TPSA) is 96.5 Å². The smallest absolute Gasteiger partial charge is 0.334 e. The van der Waals surface area contributed by atoms with Crippen molar-refractivity contribution in [2.75, 3.05) is 26.3 Å². The summed E-state index contributed by atoms with van der Waals surface area (Å²) in [4.78, 5) is 53.1. The highest BCUT2D eigenvalue weighted by molar-refractivity contribution is 6.45. The Kier molecular flexibility index (Phi) is 5.36. The first-order valence-electron chi connectivity index (χ1n) is 10.3. The van der Waals surface area contributed by atoms with Crippen LogP contribution in [0.5, 0.6) is 11.5 Å². The number of carbonyl (C=O) groups is 4. The molecule has 2 saturated heterocycles. The van der Waals surface area contributed by atoms with E-state index < -0.39 is 30.4 Å². The molecule has 0 N–H and O–H groups in total. The van der Waals surface area contributed by atoms with Crippen LogP contribution < -0.4 is 9.47 Å². The molecule has 0 unspecified atom stereocenters. The zero-order valence-corrected chi connectivity index (χ0v) is 17.1. The summed E-state index contributed by atoms with van der Waals surface area (Å²) in [6.07, 6.45) is 2.39. The highest BCUT2D eigenvalue weighted by atomic mass is 16.5. The van der Waals surface area contributed by atoms with Gasteiger partial charge < -0.3 is 14.4 Å². The van der Waals surface area contributed by atoms with Crippen LogP contribution in [0.4, 0.5) is 4.79 Å². The van der Waals surface area contributed by atoms with Gasteiger partial charge >= 0.3 is 17.8 Å². The van der Waals surface area contributed by atoms with Gasteiger partial charge in [0.1, 0.15) is 6.54 Å². The van der Waals surface area contributed by atoms with Crippen molar-refractivity contribution >= 4 is 23.8 Å². The standard InChI is InChI=1S/C21H25N3O6/c1-13(2)24-20(27)19(26)23(21(24)28)12-18(25)22-8-3-5-15(22)14-6-7-16-17(11-14)30-10-4-9-29-16/h6-7,11,13,15H,3-5,8-10,12H2,1-2H3/t15-/m1/s1. The monoisotopic (exact) mass is 415 g/mol. The van der Waals surface area contributed by atoms with E-state index >= 15 is 0 Å². The Balaban J connectivity index is 1.51. The number of nitrogens with zero attached hydrogens (tertiary/aromatic N) is 3. The Labute approximate surface area is 174 Å². The van der Waals surface area contributed by atoms with Gasteiger partial charge in [-0.2, -0.15) is 0 Å². The van der Waals surface area contributed by atoms with Crippen LogP contribution in [0.1, 0.15) is 44.7 Å². The summed E-state index contributed by atoms with van der Waals surface area (Å²) < 4.78 is 11.4.